The van der Waals surface area contributed by atoms with Gasteiger partial charge in [-0.25, -0.2) is 0 Å². The maximum atomic E-state index is 9.18. The summed E-state index contributed by atoms with van der Waals surface area (Å²) in [7, 11) is 0. The van der Waals surface area contributed by atoms with Crippen molar-refractivity contribution in [2.45, 2.75) is 25.6 Å². The quantitative estimate of drug-likeness (QED) is 0.793. The van der Waals surface area contributed by atoms with Crippen LogP contribution in [0.25, 0.3) is 0 Å². The molecule has 96 valence electrons. The fourth-order valence-electron chi connectivity index (χ4n) is 1.00. The second kappa shape index (κ2) is 11.5. The average Bonchev–Trinajstić information content (AvgIpc) is 2.32. The Bertz CT molecular complexity index is 278. The van der Waals surface area contributed by atoms with Crippen molar-refractivity contribution in [2.75, 3.05) is 12.4 Å². The van der Waals surface area contributed by atoms with Crippen molar-refractivity contribution in [3.8, 4) is 0 Å². The number of carbonyl (C=O) groups is 1. The normalized spacial score (nSPS) is 11.0. The number of nitrogens with two attached hydrogens (primary N) is 1. The first-order valence-corrected chi connectivity index (χ1v) is 6.78. The lowest BCUT2D eigenvalue weighted by Gasteiger charge is -2.03. The van der Waals surface area contributed by atoms with Crippen LogP contribution in [-0.2, 0) is 15.3 Å². The molecule has 0 spiro atoms. The molecule has 0 saturated carbocycles. The molecule has 0 saturated heterocycles. The molecule has 1 aromatic carbocycles. The zero-order valence-corrected chi connectivity index (χ0v) is 11.3. The zero-order valence-electron chi connectivity index (χ0n) is 10.5. The molecule has 4 heteroatoms. The van der Waals surface area contributed by atoms with Gasteiger partial charge in [0.15, 0.2) is 0 Å². The van der Waals surface area contributed by atoms with E-state index in [2.05, 4.69) is 29.0 Å². The SMILES string of the molecule is CC(N)CSCc1ccccc1.CCOC=O. The van der Waals surface area contributed by atoms with Gasteiger partial charge >= 0.3 is 0 Å². The number of ether oxygens (including phenoxy) is 1. The summed E-state index contributed by atoms with van der Waals surface area (Å²) < 4.78 is 4.15. The van der Waals surface area contributed by atoms with Crippen LogP contribution in [0.5, 0.6) is 0 Å². The van der Waals surface area contributed by atoms with Crippen molar-refractivity contribution in [3.63, 3.8) is 0 Å². The van der Waals surface area contributed by atoms with E-state index in [1.165, 1.54) is 5.56 Å². The van der Waals surface area contributed by atoms with Crippen molar-refractivity contribution in [2.24, 2.45) is 5.73 Å². The minimum Gasteiger partial charge on any atom is -0.468 e. The largest absolute Gasteiger partial charge is 0.468 e. The van der Waals surface area contributed by atoms with Gasteiger partial charge in [-0.3, -0.25) is 4.79 Å². The molecule has 0 fully saturated rings. The van der Waals surface area contributed by atoms with E-state index in [-0.39, 0.29) is 0 Å². The predicted molar refractivity (Wildman–Crippen MR) is 73.9 cm³/mol. The zero-order chi connectivity index (χ0) is 12.9. The Kier molecular flexibility index (Phi) is 10.8. The van der Waals surface area contributed by atoms with Gasteiger partial charge in [-0.05, 0) is 19.4 Å². The van der Waals surface area contributed by atoms with Crippen LogP contribution in [-0.4, -0.2) is 24.9 Å². The standard InChI is InChI=1S/C10H15NS.C3H6O2/c1-9(11)7-12-8-10-5-3-2-4-6-10;1-2-5-3-4/h2-6,9H,7-8,11H2,1H3;3H,2H2,1H3. The molecule has 0 aromatic heterocycles. The van der Waals surface area contributed by atoms with Gasteiger partial charge in [-0.15, -0.1) is 0 Å². The third-order valence-corrected chi connectivity index (χ3v) is 3.03. The highest BCUT2D eigenvalue weighted by Gasteiger charge is 1.95. The Balaban J connectivity index is 0.000000437. The van der Waals surface area contributed by atoms with Crippen LogP contribution in [0.4, 0.5) is 0 Å². The van der Waals surface area contributed by atoms with E-state index in [1.54, 1.807) is 6.92 Å². The van der Waals surface area contributed by atoms with E-state index < -0.39 is 0 Å². The van der Waals surface area contributed by atoms with Gasteiger partial charge in [0.1, 0.15) is 0 Å². The summed E-state index contributed by atoms with van der Waals surface area (Å²) in [5.41, 5.74) is 7.01. The van der Waals surface area contributed by atoms with Crippen LogP contribution in [0.15, 0.2) is 30.3 Å². The van der Waals surface area contributed by atoms with E-state index >= 15 is 0 Å². The number of thioether (sulfide) groups is 1. The Morgan fingerprint density at radius 2 is 2.06 bits per heavy atom. The maximum absolute atomic E-state index is 9.18. The first-order chi connectivity index (χ1) is 8.20. The number of hydrogen-bond donors (Lipinski definition) is 1. The van der Waals surface area contributed by atoms with Crippen molar-refractivity contribution in [1.82, 2.24) is 0 Å². The summed E-state index contributed by atoms with van der Waals surface area (Å²) in [6.45, 7) is 4.70. The summed E-state index contributed by atoms with van der Waals surface area (Å²) >= 11 is 1.89. The highest BCUT2D eigenvalue weighted by Crippen LogP contribution is 2.11. The fourth-order valence-corrected chi connectivity index (χ4v) is 1.92. The van der Waals surface area contributed by atoms with E-state index in [9.17, 15) is 4.79 Å². The van der Waals surface area contributed by atoms with Crippen LogP contribution in [0, 0.1) is 0 Å². The first kappa shape index (κ1) is 16.0. The summed E-state index contributed by atoms with van der Waals surface area (Å²) in [5.74, 6) is 2.11. The molecule has 0 radical (unpaired) electrons. The van der Waals surface area contributed by atoms with E-state index in [4.69, 9.17) is 5.73 Å². The molecule has 1 rings (SSSR count). The number of carbonyl (C=O) groups excluding carboxylic acids is 1. The Labute approximate surface area is 108 Å². The molecule has 1 aromatic rings. The van der Waals surface area contributed by atoms with Crippen molar-refractivity contribution >= 4 is 18.2 Å². The maximum Gasteiger partial charge on any atom is 0.293 e. The Hall–Kier alpha value is -1.00. The highest BCUT2D eigenvalue weighted by molar-refractivity contribution is 7.98. The van der Waals surface area contributed by atoms with Gasteiger partial charge < -0.3 is 10.5 Å². The molecular weight excluding hydrogens is 234 g/mol. The molecule has 0 aliphatic carbocycles. The van der Waals surface area contributed by atoms with Crippen molar-refractivity contribution < 1.29 is 9.53 Å². The molecule has 0 aliphatic heterocycles. The first-order valence-electron chi connectivity index (χ1n) is 5.63. The van der Waals surface area contributed by atoms with Gasteiger partial charge in [-0.1, -0.05) is 30.3 Å². The summed E-state index contributed by atoms with van der Waals surface area (Å²) in [6.07, 6.45) is 0. The summed E-state index contributed by atoms with van der Waals surface area (Å²) in [4.78, 5) is 9.18. The molecule has 0 amide bonds. The topological polar surface area (TPSA) is 52.3 Å². The smallest absolute Gasteiger partial charge is 0.293 e. The lowest BCUT2D eigenvalue weighted by Crippen LogP contribution is -2.17. The fraction of sp³-hybridized carbons (Fsp3) is 0.462. The summed E-state index contributed by atoms with van der Waals surface area (Å²) in [5, 5.41) is 0. The van der Waals surface area contributed by atoms with Crippen LogP contribution in [0.2, 0.25) is 0 Å². The molecular formula is C13H21NO2S. The monoisotopic (exact) mass is 255 g/mol. The second-order valence-electron chi connectivity index (χ2n) is 3.53. The van der Waals surface area contributed by atoms with Crippen LogP contribution in [0.3, 0.4) is 0 Å². The third-order valence-electron chi connectivity index (χ3n) is 1.73. The Morgan fingerprint density at radius 1 is 1.41 bits per heavy atom. The number of hydrogen-bond acceptors (Lipinski definition) is 4. The van der Waals surface area contributed by atoms with Gasteiger partial charge in [-0.2, -0.15) is 11.8 Å². The van der Waals surface area contributed by atoms with E-state index in [0.29, 0.717) is 19.1 Å². The molecule has 1 unspecified atom stereocenters. The highest BCUT2D eigenvalue weighted by atomic mass is 32.2. The van der Waals surface area contributed by atoms with E-state index in [1.807, 2.05) is 24.8 Å². The average molecular weight is 255 g/mol. The van der Waals surface area contributed by atoms with Gasteiger partial charge in [0, 0.05) is 17.5 Å². The van der Waals surface area contributed by atoms with E-state index in [0.717, 1.165) is 11.5 Å². The van der Waals surface area contributed by atoms with Crippen molar-refractivity contribution in [1.29, 1.82) is 0 Å². The van der Waals surface area contributed by atoms with Gasteiger partial charge in [0.25, 0.3) is 6.47 Å². The van der Waals surface area contributed by atoms with Gasteiger partial charge in [0.2, 0.25) is 0 Å². The van der Waals surface area contributed by atoms with Crippen LogP contribution in [0.1, 0.15) is 19.4 Å². The van der Waals surface area contributed by atoms with Gasteiger partial charge in [0.05, 0.1) is 6.61 Å². The molecule has 2 N–H and O–H groups in total. The Morgan fingerprint density at radius 3 is 2.47 bits per heavy atom. The van der Waals surface area contributed by atoms with Crippen molar-refractivity contribution in [3.05, 3.63) is 35.9 Å². The lowest BCUT2D eigenvalue weighted by atomic mass is 10.2. The number of rotatable bonds is 6. The lowest BCUT2D eigenvalue weighted by molar-refractivity contribution is -0.128. The molecule has 0 bridgehead atoms. The minimum atomic E-state index is 0.304. The number of benzene rings is 1. The molecule has 17 heavy (non-hydrogen) atoms. The van der Waals surface area contributed by atoms with Crippen LogP contribution < -0.4 is 5.73 Å². The second-order valence-corrected chi connectivity index (χ2v) is 4.56. The predicted octanol–water partition coefficient (Wildman–Crippen LogP) is 2.45. The molecule has 3 nitrogen and oxygen atoms in total. The molecule has 0 aliphatic rings. The minimum absolute atomic E-state index is 0.304. The van der Waals surface area contributed by atoms with Crippen LogP contribution >= 0.6 is 11.8 Å². The molecule has 1 atom stereocenters. The third kappa shape index (κ3) is 11.3. The summed E-state index contributed by atoms with van der Waals surface area (Å²) in [6, 6.07) is 10.8. The molecule has 0 heterocycles.